The van der Waals surface area contributed by atoms with Gasteiger partial charge in [-0.25, -0.2) is 4.98 Å². The molecule has 112 valence electrons. The first-order valence-electron chi connectivity index (χ1n) is 7.98. The zero-order valence-electron chi connectivity index (χ0n) is 12.9. The molecule has 1 aromatic rings. The van der Waals surface area contributed by atoms with Crippen LogP contribution in [0.3, 0.4) is 0 Å². The third-order valence-electron chi connectivity index (χ3n) is 5.47. The van der Waals surface area contributed by atoms with Crippen molar-refractivity contribution in [3.05, 3.63) is 12.2 Å². The molecule has 1 N–H and O–H groups in total. The van der Waals surface area contributed by atoms with Crippen LogP contribution >= 0.6 is 0 Å². The second kappa shape index (κ2) is 5.82. The minimum Gasteiger partial charge on any atom is -0.316 e. The van der Waals surface area contributed by atoms with Gasteiger partial charge in [0.15, 0.2) is 0 Å². The largest absolute Gasteiger partial charge is 0.316 e. The van der Waals surface area contributed by atoms with Gasteiger partial charge in [-0.2, -0.15) is 5.10 Å². The number of aryl methyl sites for hydroxylation is 1. The minimum atomic E-state index is 0.529. The number of hydrogen-bond donors (Lipinski definition) is 1. The van der Waals surface area contributed by atoms with Gasteiger partial charge in [-0.15, -0.1) is 0 Å². The van der Waals surface area contributed by atoms with Gasteiger partial charge in [0, 0.05) is 31.1 Å². The molecule has 2 aliphatic rings. The van der Waals surface area contributed by atoms with Crippen LogP contribution in [0.2, 0.25) is 0 Å². The Hall–Kier alpha value is -0.940. The highest BCUT2D eigenvalue weighted by molar-refractivity contribution is 4.99. The summed E-state index contributed by atoms with van der Waals surface area (Å²) in [6.45, 7) is 3.03. The maximum absolute atomic E-state index is 4.44. The van der Waals surface area contributed by atoms with Crippen molar-refractivity contribution in [2.45, 2.75) is 63.7 Å². The summed E-state index contributed by atoms with van der Waals surface area (Å²) in [5.74, 6) is 1.90. The molecule has 5 nitrogen and oxygen atoms in total. The van der Waals surface area contributed by atoms with Crippen molar-refractivity contribution in [1.82, 2.24) is 25.0 Å². The first kappa shape index (κ1) is 14.0. The van der Waals surface area contributed by atoms with E-state index >= 15 is 0 Å². The Morgan fingerprint density at radius 2 is 2.05 bits per heavy atom. The van der Waals surface area contributed by atoms with Crippen molar-refractivity contribution in [3.8, 4) is 0 Å². The van der Waals surface area contributed by atoms with Crippen molar-refractivity contribution in [2.75, 3.05) is 14.1 Å². The zero-order valence-corrected chi connectivity index (χ0v) is 12.9. The highest BCUT2D eigenvalue weighted by Crippen LogP contribution is 2.39. The van der Waals surface area contributed by atoms with Gasteiger partial charge < -0.3 is 10.2 Å². The summed E-state index contributed by atoms with van der Waals surface area (Å²) in [6, 6.07) is 2.14. The van der Waals surface area contributed by atoms with Crippen molar-refractivity contribution in [1.29, 1.82) is 0 Å². The fourth-order valence-electron chi connectivity index (χ4n) is 4.19. The molecule has 1 aromatic heterocycles. The Labute approximate surface area is 121 Å². The number of nitrogens with one attached hydrogen (secondary N) is 1. The Bertz CT molecular complexity index is 429. The number of likely N-dealkylation sites (N-methyl/N-ethyl adjacent to an activating group) is 1. The lowest BCUT2D eigenvalue weighted by molar-refractivity contribution is 0.113. The normalized spacial score (nSPS) is 31.6. The number of rotatable bonds is 5. The number of piperidine rings is 1. The maximum atomic E-state index is 4.44. The maximum Gasteiger partial charge on any atom is 0.138 e. The first-order chi connectivity index (χ1) is 9.72. The van der Waals surface area contributed by atoms with E-state index in [0.29, 0.717) is 6.04 Å². The highest BCUT2D eigenvalue weighted by atomic mass is 15.3. The summed E-state index contributed by atoms with van der Waals surface area (Å²) in [5.41, 5.74) is 0. The van der Waals surface area contributed by atoms with Crippen LogP contribution in [-0.4, -0.2) is 51.9 Å². The third kappa shape index (κ3) is 2.49. The molecule has 0 aromatic carbocycles. The van der Waals surface area contributed by atoms with Gasteiger partial charge in [-0.05, 0) is 52.6 Å². The van der Waals surface area contributed by atoms with Crippen LogP contribution in [0.15, 0.2) is 6.33 Å². The number of hydrogen-bond acceptors (Lipinski definition) is 4. The van der Waals surface area contributed by atoms with Crippen LogP contribution in [0.5, 0.6) is 0 Å². The van der Waals surface area contributed by atoms with Gasteiger partial charge in [0.05, 0.1) is 0 Å². The first-order valence-corrected chi connectivity index (χ1v) is 7.98. The summed E-state index contributed by atoms with van der Waals surface area (Å²) in [4.78, 5) is 7.05. The summed E-state index contributed by atoms with van der Waals surface area (Å²) in [7, 11) is 4.40. The van der Waals surface area contributed by atoms with Crippen LogP contribution in [-0.2, 0) is 13.0 Å². The Balaban J connectivity index is 1.68. The molecular weight excluding hydrogens is 250 g/mol. The number of aromatic nitrogens is 3. The van der Waals surface area contributed by atoms with E-state index in [1.165, 1.54) is 25.7 Å². The standard InChI is InChI=1S/C15H27N5/c1-4-20-15(17-10-18-20)9-14(16-2)11-7-12-5-6-13(8-11)19(12)3/h10-14,16H,4-9H2,1-3H3. The van der Waals surface area contributed by atoms with Gasteiger partial charge in [-0.3, -0.25) is 4.68 Å². The molecule has 0 saturated carbocycles. The minimum absolute atomic E-state index is 0.529. The summed E-state index contributed by atoms with van der Waals surface area (Å²) >= 11 is 0. The van der Waals surface area contributed by atoms with Gasteiger partial charge in [0.25, 0.3) is 0 Å². The molecule has 3 heterocycles. The smallest absolute Gasteiger partial charge is 0.138 e. The zero-order chi connectivity index (χ0) is 14.1. The van der Waals surface area contributed by atoms with Crippen LogP contribution in [0.1, 0.15) is 38.4 Å². The topological polar surface area (TPSA) is 46.0 Å². The van der Waals surface area contributed by atoms with Gasteiger partial charge in [-0.1, -0.05) is 0 Å². The molecule has 5 heteroatoms. The molecule has 2 fully saturated rings. The van der Waals surface area contributed by atoms with Crippen molar-refractivity contribution >= 4 is 0 Å². The molecule has 2 bridgehead atoms. The van der Waals surface area contributed by atoms with Crippen LogP contribution in [0, 0.1) is 5.92 Å². The van der Waals surface area contributed by atoms with Crippen LogP contribution in [0.25, 0.3) is 0 Å². The van der Waals surface area contributed by atoms with Crippen molar-refractivity contribution in [2.24, 2.45) is 5.92 Å². The Morgan fingerprint density at radius 1 is 1.35 bits per heavy atom. The summed E-state index contributed by atoms with van der Waals surface area (Å²) in [5, 5.41) is 7.84. The molecule has 3 rings (SSSR count). The Morgan fingerprint density at radius 3 is 2.65 bits per heavy atom. The predicted octanol–water partition coefficient (Wildman–Crippen LogP) is 1.30. The van der Waals surface area contributed by atoms with E-state index < -0.39 is 0 Å². The van der Waals surface area contributed by atoms with Gasteiger partial charge in [0.2, 0.25) is 0 Å². The molecule has 2 aliphatic heterocycles. The molecule has 2 saturated heterocycles. The average molecular weight is 277 g/mol. The van der Waals surface area contributed by atoms with Gasteiger partial charge >= 0.3 is 0 Å². The fourth-order valence-corrected chi connectivity index (χ4v) is 4.19. The molecular formula is C15H27N5. The van der Waals surface area contributed by atoms with E-state index in [0.717, 1.165) is 36.8 Å². The van der Waals surface area contributed by atoms with E-state index in [1.807, 2.05) is 4.68 Å². The van der Waals surface area contributed by atoms with Crippen LogP contribution in [0.4, 0.5) is 0 Å². The van der Waals surface area contributed by atoms with E-state index in [-0.39, 0.29) is 0 Å². The Kier molecular flexibility index (Phi) is 4.08. The summed E-state index contributed by atoms with van der Waals surface area (Å²) in [6.07, 6.45) is 8.12. The lowest BCUT2D eigenvalue weighted by atomic mass is 9.83. The third-order valence-corrected chi connectivity index (χ3v) is 5.47. The SMILES string of the molecule is CCn1ncnc1CC(NC)C1CC2CCC(C1)N2C. The van der Waals surface area contributed by atoms with Crippen molar-refractivity contribution < 1.29 is 0 Å². The second-order valence-electron chi connectivity index (χ2n) is 6.37. The molecule has 3 atom stereocenters. The monoisotopic (exact) mass is 277 g/mol. The molecule has 0 amide bonds. The van der Waals surface area contributed by atoms with Crippen molar-refractivity contribution in [3.63, 3.8) is 0 Å². The lowest BCUT2D eigenvalue weighted by Gasteiger charge is -2.39. The quantitative estimate of drug-likeness (QED) is 0.881. The second-order valence-corrected chi connectivity index (χ2v) is 6.37. The number of nitrogens with zero attached hydrogens (tertiary/aromatic N) is 4. The fraction of sp³-hybridized carbons (Fsp3) is 0.867. The molecule has 20 heavy (non-hydrogen) atoms. The van der Waals surface area contributed by atoms with Gasteiger partial charge in [0.1, 0.15) is 12.2 Å². The average Bonchev–Trinajstić information content (AvgIpc) is 2.97. The predicted molar refractivity (Wildman–Crippen MR) is 79.5 cm³/mol. The molecule has 3 unspecified atom stereocenters. The summed E-state index contributed by atoms with van der Waals surface area (Å²) < 4.78 is 2.02. The highest BCUT2D eigenvalue weighted by Gasteiger charge is 2.40. The van der Waals surface area contributed by atoms with E-state index in [2.05, 4.69) is 41.3 Å². The molecule has 0 aliphatic carbocycles. The number of fused-ring (bicyclic) bond motifs is 2. The van der Waals surface area contributed by atoms with E-state index in [4.69, 9.17) is 0 Å². The van der Waals surface area contributed by atoms with E-state index in [1.54, 1.807) is 6.33 Å². The molecule has 0 spiro atoms. The lowest BCUT2D eigenvalue weighted by Crippen LogP contribution is -2.47. The molecule has 0 radical (unpaired) electrons. The van der Waals surface area contributed by atoms with E-state index in [9.17, 15) is 0 Å². The van der Waals surface area contributed by atoms with Crippen LogP contribution < -0.4 is 5.32 Å².